The Kier molecular flexibility index (Phi) is 6.83. The normalized spacial score (nSPS) is 17.4. The Morgan fingerprint density at radius 1 is 0.941 bits per heavy atom. The van der Waals surface area contributed by atoms with Crippen LogP contribution < -0.4 is 9.64 Å². The van der Waals surface area contributed by atoms with Crippen molar-refractivity contribution in [2.45, 2.75) is 13.0 Å². The van der Waals surface area contributed by atoms with E-state index in [2.05, 4.69) is 0 Å². The zero-order valence-electron chi connectivity index (χ0n) is 17.9. The predicted molar refractivity (Wildman–Crippen MR) is 135 cm³/mol. The van der Waals surface area contributed by atoms with Crippen LogP contribution in [0.15, 0.2) is 60.2 Å². The summed E-state index contributed by atoms with van der Waals surface area (Å²) in [6.07, 6.45) is 0. The summed E-state index contributed by atoms with van der Waals surface area (Å²) in [5.74, 6) is -1.90. The Balaban J connectivity index is 2.00. The van der Waals surface area contributed by atoms with Gasteiger partial charge in [-0.15, -0.1) is 0 Å². The van der Waals surface area contributed by atoms with Crippen molar-refractivity contribution in [2.75, 3.05) is 12.0 Å². The minimum absolute atomic E-state index is 0.118. The van der Waals surface area contributed by atoms with Crippen molar-refractivity contribution in [3.8, 4) is 5.75 Å². The van der Waals surface area contributed by atoms with Crippen LogP contribution >= 0.6 is 46.4 Å². The lowest BCUT2D eigenvalue weighted by atomic mass is 9.92. The topological polar surface area (TPSA) is 66.8 Å². The van der Waals surface area contributed by atoms with Crippen LogP contribution in [0.5, 0.6) is 5.75 Å². The summed E-state index contributed by atoms with van der Waals surface area (Å²) in [5.41, 5.74) is 1.82. The average molecular weight is 537 g/mol. The molecular weight excluding hydrogens is 520 g/mol. The van der Waals surface area contributed by atoms with E-state index in [1.807, 2.05) is 19.1 Å². The Bertz CT molecular complexity index is 1330. The highest BCUT2D eigenvalue weighted by Crippen LogP contribution is 2.45. The lowest BCUT2D eigenvalue weighted by Crippen LogP contribution is -2.29. The Labute approximate surface area is 216 Å². The van der Waals surface area contributed by atoms with Crippen LogP contribution in [-0.4, -0.2) is 23.9 Å². The molecule has 34 heavy (non-hydrogen) atoms. The van der Waals surface area contributed by atoms with Gasteiger partial charge in [0.05, 0.1) is 28.8 Å². The number of carbonyl (C=O) groups is 2. The van der Waals surface area contributed by atoms with Gasteiger partial charge in [0.25, 0.3) is 11.7 Å². The van der Waals surface area contributed by atoms with Gasteiger partial charge in [-0.3, -0.25) is 14.5 Å². The fraction of sp³-hybridized carbons (Fsp3) is 0.120. The molecule has 0 radical (unpaired) electrons. The molecule has 1 unspecified atom stereocenters. The van der Waals surface area contributed by atoms with Gasteiger partial charge in [-0.25, -0.2) is 0 Å². The number of ether oxygens (including phenoxy) is 1. The van der Waals surface area contributed by atoms with Gasteiger partial charge in [0.2, 0.25) is 0 Å². The first kappa shape index (κ1) is 24.4. The number of ketones is 1. The van der Waals surface area contributed by atoms with Crippen molar-refractivity contribution in [3.05, 3.63) is 97.0 Å². The van der Waals surface area contributed by atoms with Gasteiger partial charge in [-0.2, -0.15) is 0 Å². The minimum atomic E-state index is -0.949. The van der Waals surface area contributed by atoms with Crippen LogP contribution in [0.1, 0.15) is 22.7 Å². The van der Waals surface area contributed by atoms with Crippen LogP contribution in [0.2, 0.25) is 20.1 Å². The maximum atomic E-state index is 13.3. The van der Waals surface area contributed by atoms with Gasteiger partial charge in [0, 0.05) is 21.3 Å². The molecule has 1 atom stereocenters. The molecule has 0 aliphatic carbocycles. The molecule has 0 aromatic heterocycles. The fourth-order valence-corrected chi connectivity index (χ4v) is 5.17. The lowest BCUT2D eigenvalue weighted by molar-refractivity contribution is -0.132. The number of methoxy groups -OCH3 is 1. The molecule has 3 aromatic carbocycles. The van der Waals surface area contributed by atoms with Crippen molar-refractivity contribution in [1.82, 2.24) is 0 Å². The van der Waals surface area contributed by atoms with Crippen molar-refractivity contribution < 1.29 is 19.4 Å². The van der Waals surface area contributed by atoms with Crippen molar-refractivity contribution >= 4 is 69.5 Å². The van der Waals surface area contributed by atoms with Gasteiger partial charge in [0.15, 0.2) is 5.75 Å². The van der Waals surface area contributed by atoms with Gasteiger partial charge in [-0.1, -0.05) is 70.7 Å². The predicted octanol–water partition coefficient (Wildman–Crippen LogP) is 7.24. The SMILES string of the molecule is COc1c(Cl)cc(/C(O)=C2\C(=O)C(=O)N(c3cc(Cl)cc(Cl)c3)C2c2ccccc2C)cc1Cl. The van der Waals surface area contributed by atoms with Crippen LogP contribution in [0.3, 0.4) is 0 Å². The highest BCUT2D eigenvalue weighted by Gasteiger charge is 2.47. The number of aryl methyl sites for hydroxylation is 1. The van der Waals surface area contributed by atoms with Gasteiger partial charge in [0.1, 0.15) is 5.76 Å². The lowest BCUT2D eigenvalue weighted by Gasteiger charge is -2.27. The third-order valence-electron chi connectivity index (χ3n) is 5.53. The van der Waals surface area contributed by atoms with E-state index < -0.39 is 23.5 Å². The Morgan fingerprint density at radius 3 is 2.09 bits per heavy atom. The number of halogens is 4. The Hall–Kier alpha value is -2.70. The smallest absolute Gasteiger partial charge is 0.300 e. The summed E-state index contributed by atoms with van der Waals surface area (Å²) in [7, 11) is 1.41. The molecule has 1 aliphatic rings. The summed E-state index contributed by atoms with van der Waals surface area (Å²) < 4.78 is 5.16. The van der Waals surface area contributed by atoms with Gasteiger partial charge >= 0.3 is 0 Å². The second-order valence-corrected chi connectivity index (χ2v) is 9.31. The molecule has 4 rings (SSSR count). The molecule has 0 bridgehead atoms. The summed E-state index contributed by atoms with van der Waals surface area (Å²) in [6, 6.07) is 13.7. The molecule has 1 saturated heterocycles. The summed E-state index contributed by atoms with van der Waals surface area (Å²) in [4.78, 5) is 27.9. The largest absolute Gasteiger partial charge is 0.507 e. The van der Waals surface area contributed by atoms with Gasteiger partial charge in [-0.05, 0) is 48.4 Å². The highest BCUT2D eigenvalue weighted by molar-refractivity contribution is 6.52. The fourth-order valence-electron chi connectivity index (χ4n) is 4.01. The molecule has 3 aromatic rings. The first-order valence-electron chi connectivity index (χ1n) is 10.00. The van der Waals surface area contributed by atoms with E-state index in [1.54, 1.807) is 12.1 Å². The van der Waals surface area contributed by atoms with Crippen molar-refractivity contribution in [3.63, 3.8) is 0 Å². The molecule has 1 fully saturated rings. The number of aliphatic hydroxyl groups excluding tert-OH is 1. The number of hydrogen-bond acceptors (Lipinski definition) is 4. The summed E-state index contributed by atoms with van der Waals surface area (Å²) in [6.45, 7) is 1.85. The monoisotopic (exact) mass is 535 g/mol. The highest BCUT2D eigenvalue weighted by atomic mass is 35.5. The van der Waals surface area contributed by atoms with Crippen LogP contribution in [0, 0.1) is 6.92 Å². The first-order chi connectivity index (χ1) is 16.1. The number of carbonyl (C=O) groups excluding carboxylic acids is 2. The van der Waals surface area contributed by atoms with Crippen LogP contribution in [-0.2, 0) is 9.59 Å². The molecular formula is C25H17Cl4NO4. The van der Waals surface area contributed by atoms with Crippen molar-refractivity contribution in [1.29, 1.82) is 0 Å². The zero-order chi connectivity index (χ0) is 24.7. The number of aliphatic hydroxyl groups is 1. The minimum Gasteiger partial charge on any atom is -0.507 e. The third-order valence-corrected chi connectivity index (χ3v) is 6.53. The van der Waals surface area contributed by atoms with E-state index in [1.165, 1.54) is 42.3 Å². The van der Waals surface area contributed by atoms with E-state index >= 15 is 0 Å². The number of nitrogens with zero attached hydrogens (tertiary/aromatic N) is 1. The van der Waals surface area contributed by atoms with E-state index in [0.717, 1.165) is 5.56 Å². The maximum Gasteiger partial charge on any atom is 0.300 e. The number of rotatable bonds is 4. The number of amides is 1. The zero-order valence-corrected chi connectivity index (χ0v) is 20.9. The maximum absolute atomic E-state index is 13.3. The molecule has 1 aliphatic heterocycles. The van der Waals surface area contributed by atoms with Gasteiger partial charge < -0.3 is 9.84 Å². The molecule has 1 heterocycles. The number of Topliss-reactive ketones (excluding diaryl/α,β-unsaturated/α-hetero) is 1. The van der Waals surface area contributed by atoms with E-state index in [4.69, 9.17) is 51.1 Å². The van der Waals surface area contributed by atoms with Crippen LogP contribution in [0.25, 0.3) is 5.76 Å². The standard InChI is InChI=1S/C25H17Cl4NO4/c1-12-5-3-4-6-17(12)21-20(22(31)13-7-18(28)24(34-2)19(29)8-13)23(32)25(33)30(21)16-10-14(26)9-15(27)11-16/h3-11,21,31H,1-2H3/b22-20+. The molecule has 174 valence electrons. The van der Waals surface area contributed by atoms with E-state index in [-0.39, 0.29) is 26.9 Å². The molecule has 5 nitrogen and oxygen atoms in total. The summed E-state index contributed by atoms with van der Waals surface area (Å²) in [5, 5.41) is 12.2. The van der Waals surface area contributed by atoms with Crippen molar-refractivity contribution in [2.24, 2.45) is 0 Å². The van der Waals surface area contributed by atoms with E-state index in [9.17, 15) is 14.7 Å². The molecule has 0 spiro atoms. The average Bonchev–Trinajstić information content (AvgIpc) is 3.03. The molecule has 0 saturated carbocycles. The number of hydrogen-bond donors (Lipinski definition) is 1. The summed E-state index contributed by atoms with van der Waals surface area (Å²) >= 11 is 24.9. The third kappa shape index (κ3) is 4.25. The molecule has 1 N–H and O–H groups in total. The second-order valence-electron chi connectivity index (χ2n) is 7.63. The second kappa shape index (κ2) is 9.51. The molecule has 9 heteroatoms. The van der Waals surface area contributed by atoms with E-state index in [0.29, 0.717) is 21.3 Å². The Morgan fingerprint density at radius 2 is 1.53 bits per heavy atom. The first-order valence-corrected chi connectivity index (χ1v) is 11.5. The number of benzene rings is 3. The van der Waals surface area contributed by atoms with Crippen LogP contribution in [0.4, 0.5) is 5.69 Å². The quantitative estimate of drug-likeness (QED) is 0.217. The number of anilines is 1. The molecule has 1 amide bonds.